The van der Waals surface area contributed by atoms with E-state index in [0.29, 0.717) is 6.04 Å². The summed E-state index contributed by atoms with van der Waals surface area (Å²) in [5.74, 6) is 0.912. The zero-order valence-corrected chi connectivity index (χ0v) is 12.4. The highest BCUT2D eigenvalue weighted by atomic mass is 79.9. The fourth-order valence-corrected chi connectivity index (χ4v) is 2.47. The molecule has 98 valence electrons. The van der Waals surface area contributed by atoms with Gasteiger partial charge >= 0.3 is 0 Å². The van der Waals surface area contributed by atoms with Gasteiger partial charge in [-0.1, -0.05) is 47.8 Å². The highest BCUT2D eigenvalue weighted by molar-refractivity contribution is 9.08. The Balaban J connectivity index is 1.91. The highest BCUT2D eigenvalue weighted by Crippen LogP contribution is 2.34. The number of hydrogen-bond donors (Lipinski definition) is 1. The summed E-state index contributed by atoms with van der Waals surface area (Å²) in [6.45, 7) is 2.14. The van der Waals surface area contributed by atoms with E-state index < -0.39 is 0 Å². The lowest BCUT2D eigenvalue weighted by Crippen LogP contribution is -2.34. The Morgan fingerprint density at radius 2 is 2.06 bits per heavy atom. The molecule has 3 heteroatoms. The van der Waals surface area contributed by atoms with Crippen molar-refractivity contribution in [2.45, 2.75) is 44.0 Å². The number of benzene rings is 1. The van der Waals surface area contributed by atoms with Crippen LogP contribution in [0.5, 0.6) is 0 Å². The zero-order valence-electron chi connectivity index (χ0n) is 10.8. The number of hydrogen-bond acceptors (Lipinski definition) is 1. The van der Waals surface area contributed by atoms with E-state index in [9.17, 15) is 4.79 Å². The van der Waals surface area contributed by atoms with Crippen LogP contribution in [-0.2, 0) is 5.33 Å². The normalized spacial score (nSPS) is 16.3. The maximum absolute atomic E-state index is 12.1. The van der Waals surface area contributed by atoms with Gasteiger partial charge < -0.3 is 5.32 Å². The molecule has 0 aliphatic heterocycles. The molecule has 1 aliphatic carbocycles. The second-order valence-electron chi connectivity index (χ2n) is 5.09. The molecule has 1 saturated carbocycles. The van der Waals surface area contributed by atoms with Crippen molar-refractivity contribution < 1.29 is 4.79 Å². The predicted octanol–water partition coefficient (Wildman–Crippen LogP) is 3.89. The third-order valence-electron chi connectivity index (χ3n) is 3.51. The van der Waals surface area contributed by atoms with Crippen LogP contribution in [0.2, 0.25) is 0 Å². The number of halogens is 1. The van der Waals surface area contributed by atoms with Crippen LogP contribution in [0.15, 0.2) is 24.3 Å². The van der Waals surface area contributed by atoms with Crippen molar-refractivity contribution in [2.75, 3.05) is 0 Å². The second kappa shape index (κ2) is 6.37. The molecule has 18 heavy (non-hydrogen) atoms. The third kappa shape index (κ3) is 3.84. The molecule has 1 aliphatic rings. The van der Waals surface area contributed by atoms with E-state index in [1.807, 2.05) is 24.3 Å². The molecule has 0 spiro atoms. The van der Waals surface area contributed by atoms with Gasteiger partial charge in [0.25, 0.3) is 5.91 Å². The molecule has 1 N–H and O–H groups in total. The first-order valence-electron chi connectivity index (χ1n) is 6.68. The predicted molar refractivity (Wildman–Crippen MR) is 78.0 cm³/mol. The first-order valence-corrected chi connectivity index (χ1v) is 7.80. The molecule has 0 heterocycles. The minimum Gasteiger partial charge on any atom is -0.349 e. The monoisotopic (exact) mass is 309 g/mol. The van der Waals surface area contributed by atoms with Gasteiger partial charge in [0.1, 0.15) is 0 Å². The Kier molecular flexibility index (Phi) is 4.81. The molecule has 1 fully saturated rings. The van der Waals surface area contributed by atoms with Crippen LogP contribution in [0.4, 0.5) is 0 Å². The fourth-order valence-electron chi connectivity index (χ4n) is 2.10. The van der Waals surface area contributed by atoms with E-state index in [0.717, 1.165) is 29.7 Å². The van der Waals surface area contributed by atoms with Crippen molar-refractivity contribution in [2.24, 2.45) is 5.92 Å². The molecule has 1 aromatic rings. The van der Waals surface area contributed by atoms with Gasteiger partial charge in [0.2, 0.25) is 0 Å². The molecule has 0 bridgehead atoms. The largest absolute Gasteiger partial charge is 0.349 e. The van der Waals surface area contributed by atoms with Crippen molar-refractivity contribution in [3.05, 3.63) is 35.4 Å². The average Bonchev–Trinajstić information content (AvgIpc) is 3.22. The summed E-state index contributed by atoms with van der Waals surface area (Å²) in [7, 11) is 0. The maximum Gasteiger partial charge on any atom is 0.251 e. The molecule has 1 aromatic carbocycles. The first kappa shape index (κ1) is 13.6. The van der Waals surface area contributed by atoms with E-state index in [1.165, 1.54) is 18.4 Å². The van der Waals surface area contributed by atoms with E-state index in [-0.39, 0.29) is 5.91 Å². The number of carbonyl (C=O) groups excluding carboxylic acids is 1. The standard InChI is InChI=1S/C15H20BrNO/c1-2-14(9-11-3-4-11)17-15(18)13-7-5-12(10-16)6-8-13/h5-8,11,14H,2-4,9-10H2,1H3,(H,17,18). The van der Waals surface area contributed by atoms with E-state index in [2.05, 4.69) is 28.2 Å². The quantitative estimate of drug-likeness (QED) is 0.794. The van der Waals surface area contributed by atoms with Crippen LogP contribution in [0.1, 0.15) is 48.5 Å². The van der Waals surface area contributed by atoms with Gasteiger partial charge in [0.15, 0.2) is 0 Å². The van der Waals surface area contributed by atoms with Gasteiger partial charge in [0, 0.05) is 16.9 Å². The number of nitrogens with one attached hydrogen (secondary N) is 1. The molecular formula is C15H20BrNO. The van der Waals surface area contributed by atoms with Gasteiger partial charge in [-0.25, -0.2) is 0 Å². The molecule has 1 amide bonds. The zero-order chi connectivity index (χ0) is 13.0. The average molecular weight is 310 g/mol. The topological polar surface area (TPSA) is 29.1 Å². The van der Waals surface area contributed by atoms with Crippen LogP contribution in [0, 0.1) is 5.92 Å². The summed E-state index contributed by atoms with van der Waals surface area (Å²) >= 11 is 3.40. The number of alkyl halides is 1. The SMILES string of the molecule is CCC(CC1CC1)NC(=O)c1ccc(CBr)cc1. The van der Waals surface area contributed by atoms with E-state index in [4.69, 9.17) is 0 Å². The minimum atomic E-state index is 0.0589. The Morgan fingerprint density at radius 3 is 2.56 bits per heavy atom. The molecule has 0 radical (unpaired) electrons. The van der Waals surface area contributed by atoms with Gasteiger partial charge in [-0.3, -0.25) is 4.79 Å². The van der Waals surface area contributed by atoms with Gasteiger partial charge in [-0.15, -0.1) is 0 Å². The molecule has 0 saturated heterocycles. The summed E-state index contributed by atoms with van der Waals surface area (Å²) in [4.78, 5) is 12.1. The van der Waals surface area contributed by atoms with Crippen LogP contribution >= 0.6 is 15.9 Å². The van der Waals surface area contributed by atoms with Gasteiger partial charge in [0.05, 0.1) is 0 Å². The molecule has 2 rings (SSSR count). The van der Waals surface area contributed by atoms with Crippen molar-refractivity contribution in [1.29, 1.82) is 0 Å². The summed E-state index contributed by atoms with van der Waals surface area (Å²) in [5.41, 5.74) is 1.95. The van der Waals surface area contributed by atoms with E-state index in [1.54, 1.807) is 0 Å². The maximum atomic E-state index is 12.1. The van der Waals surface area contributed by atoms with E-state index >= 15 is 0 Å². The van der Waals surface area contributed by atoms with Gasteiger partial charge in [-0.2, -0.15) is 0 Å². The summed E-state index contributed by atoms with van der Waals surface area (Å²) in [6.07, 6.45) is 4.84. The van der Waals surface area contributed by atoms with Crippen LogP contribution in [0.25, 0.3) is 0 Å². The molecule has 1 atom stereocenters. The lowest BCUT2D eigenvalue weighted by Gasteiger charge is -2.16. The third-order valence-corrected chi connectivity index (χ3v) is 4.16. The Hall–Kier alpha value is -0.830. The Labute approximate surface area is 117 Å². The van der Waals surface area contributed by atoms with Crippen LogP contribution in [-0.4, -0.2) is 11.9 Å². The molecule has 2 nitrogen and oxygen atoms in total. The molecule has 0 aromatic heterocycles. The molecule has 1 unspecified atom stereocenters. The lowest BCUT2D eigenvalue weighted by atomic mass is 10.1. The van der Waals surface area contributed by atoms with Crippen molar-refractivity contribution >= 4 is 21.8 Å². The summed E-state index contributed by atoms with van der Waals surface area (Å²) < 4.78 is 0. The number of carbonyl (C=O) groups is 1. The number of rotatable bonds is 6. The van der Waals surface area contributed by atoms with Crippen molar-refractivity contribution in [1.82, 2.24) is 5.32 Å². The van der Waals surface area contributed by atoms with Gasteiger partial charge in [-0.05, 0) is 36.5 Å². The number of amides is 1. The minimum absolute atomic E-state index is 0.0589. The highest BCUT2D eigenvalue weighted by Gasteiger charge is 2.25. The summed E-state index contributed by atoms with van der Waals surface area (Å²) in [5, 5.41) is 3.97. The van der Waals surface area contributed by atoms with Crippen molar-refractivity contribution in [3.63, 3.8) is 0 Å². The second-order valence-corrected chi connectivity index (χ2v) is 5.65. The first-order chi connectivity index (χ1) is 8.72. The van der Waals surface area contributed by atoms with Crippen molar-refractivity contribution in [3.8, 4) is 0 Å². The summed E-state index contributed by atoms with van der Waals surface area (Å²) in [6, 6.07) is 8.11. The van der Waals surface area contributed by atoms with Crippen LogP contribution in [0.3, 0.4) is 0 Å². The smallest absolute Gasteiger partial charge is 0.251 e. The Morgan fingerprint density at radius 1 is 1.39 bits per heavy atom. The molecular weight excluding hydrogens is 290 g/mol. The Bertz CT molecular complexity index is 397. The van der Waals surface area contributed by atoms with Crippen LogP contribution < -0.4 is 5.32 Å². The lowest BCUT2D eigenvalue weighted by molar-refractivity contribution is 0.0932. The fraction of sp³-hybridized carbons (Fsp3) is 0.533.